The SMILES string of the molecule is CC/C=C\C/C=C\C/C=C\C/C=C\C/C=C\C/C=C\C/C=C\C/C=C\C/C=C\CCCCCCCCCCCC(=O)NC(COP(=O)(O)OCC[N+](C)(C)C)C(O)/C=C/CCCCCCCCCCCCCCCCCC. The minimum atomic E-state index is -4.36. The maximum Gasteiger partial charge on any atom is 0.472 e. The smallest absolute Gasteiger partial charge is 0.387 e. The monoisotopic (exact) mass is 1090 g/mol. The second-order valence-electron chi connectivity index (χ2n) is 22.1. The molecule has 0 radical (unpaired) electrons. The van der Waals surface area contributed by atoms with Gasteiger partial charge in [-0.15, -0.1) is 0 Å². The second kappa shape index (κ2) is 57.6. The van der Waals surface area contributed by atoms with E-state index in [1.165, 1.54) is 128 Å². The van der Waals surface area contributed by atoms with Crippen LogP contribution in [0.3, 0.4) is 0 Å². The third kappa shape index (κ3) is 60.4. The summed E-state index contributed by atoms with van der Waals surface area (Å²) in [4.78, 5) is 23.3. The molecule has 9 heteroatoms. The Morgan fingerprint density at radius 3 is 1.14 bits per heavy atom. The molecule has 0 aliphatic carbocycles. The Balaban J connectivity index is 4.16. The largest absolute Gasteiger partial charge is 0.472 e. The molecule has 0 aliphatic rings. The zero-order valence-corrected chi connectivity index (χ0v) is 51.3. The van der Waals surface area contributed by atoms with Crippen LogP contribution < -0.4 is 5.32 Å². The molecule has 0 aromatic heterocycles. The molecule has 0 spiro atoms. The number of unbranched alkanes of at least 4 members (excludes halogenated alkanes) is 25. The molecule has 442 valence electrons. The van der Waals surface area contributed by atoms with Crippen molar-refractivity contribution in [3.63, 3.8) is 0 Å². The molecule has 0 saturated heterocycles. The Morgan fingerprint density at radius 1 is 0.455 bits per heavy atom. The first-order valence-electron chi connectivity index (χ1n) is 31.4. The highest BCUT2D eigenvalue weighted by Gasteiger charge is 2.27. The van der Waals surface area contributed by atoms with E-state index in [1.807, 2.05) is 27.2 Å². The van der Waals surface area contributed by atoms with E-state index in [-0.39, 0.29) is 19.1 Å². The van der Waals surface area contributed by atoms with Gasteiger partial charge in [-0.25, -0.2) is 4.57 Å². The highest BCUT2D eigenvalue weighted by atomic mass is 31.2. The molecule has 0 fully saturated rings. The number of carbonyl (C=O) groups excluding carboxylic acids is 1. The fourth-order valence-corrected chi connectivity index (χ4v) is 9.30. The van der Waals surface area contributed by atoms with Gasteiger partial charge in [0.25, 0.3) is 0 Å². The minimum Gasteiger partial charge on any atom is -0.387 e. The summed E-state index contributed by atoms with van der Waals surface area (Å²) in [6, 6.07) is -0.858. The van der Waals surface area contributed by atoms with Gasteiger partial charge in [-0.2, -0.15) is 0 Å². The number of amides is 1. The number of nitrogens with zero attached hydrogens (tertiary/aromatic N) is 1. The summed E-state index contributed by atoms with van der Waals surface area (Å²) in [5, 5.41) is 13.9. The van der Waals surface area contributed by atoms with Crippen LogP contribution in [-0.2, 0) is 18.4 Å². The van der Waals surface area contributed by atoms with Crippen molar-refractivity contribution in [2.24, 2.45) is 0 Å². The first kappa shape index (κ1) is 73.9. The van der Waals surface area contributed by atoms with Crippen LogP contribution in [0.15, 0.2) is 122 Å². The summed E-state index contributed by atoms with van der Waals surface area (Å²) in [5.41, 5.74) is 0. The summed E-state index contributed by atoms with van der Waals surface area (Å²) in [5.74, 6) is -0.187. The number of nitrogens with one attached hydrogen (secondary N) is 1. The van der Waals surface area contributed by atoms with Crippen LogP contribution >= 0.6 is 7.82 Å². The van der Waals surface area contributed by atoms with Crippen LogP contribution in [-0.4, -0.2) is 73.4 Å². The van der Waals surface area contributed by atoms with Crippen LogP contribution in [0.4, 0.5) is 0 Å². The molecule has 8 nitrogen and oxygen atoms in total. The highest BCUT2D eigenvalue weighted by molar-refractivity contribution is 7.47. The molecule has 0 bridgehead atoms. The number of phosphoric ester groups is 1. The van der Waals surface area contributed by atoms with Crippen molar-refractivity contribution in [1.29, 1.82) is 0 Å². The van der Waals surface area contributed by atoms with Crippen LogP contribution in [0.2, 0.25) is 0 Å². The van der Waals surface area contributed by atoms with E-state index in [4.69, 9.17) is 9.05 Å². The van der Waals surface area contributed by atoms with Crippen molar-refractivity contribution in [3.05, 3.63) is 122 Å². The maximum absolute atomic E-state index is 13.0. The third-order valence-electron chi connectivity index (χ3n) is 13.4. The standard InChI is InChI=1S/C68H119N2O6P/c1-6-8-10-12-14-16-18-20-22-24-26-27-28-29-30-31-32-33-34-35-36-37-38-39-40-41-42-43-44-46-48-50-52-54-56-58-60-62-68(72)69-66(65-76-77(73,74)75-64-63-70(3,4)5)67(71)61-59-57-55-53-51-49-47-45-25-23-21-19-17-15-13-11-9-7-2/h8,10,14,16,20,22,26-27,29-30,32-33,35-36,38-39,41-42,59,61,66-67,71H,6-7,9,11-13,15,17-19,21,23-25,28,31,34,37,40,43-58,60,62-65H2,1-5H3,(H-,69,72,73,74)/p+1/b10-8-,16-14-,22-20-,27-26-,30-29-,33-32-,36-35-,39-38-,42-41-,61-59+. The van der Waals surface area contributed by atoms with Gasteiger partial charge >= 0.3 is 7.82 Å². The molecule has 3 unspecified atom stereocenters. The first-order chi connectivity index (χ1) is 37.5. The average molecular weight is 1090 g/mol. The highest BCUT2D eigenvalue weighted by Crippen LogP contribution is 2.43. The van der Waals surface area contributed by atoms with Gasteiger partial charge in [0.15, 0.2) is 0 Å². The minimum absolute atomic E-state index is 0.0550. The van der Waals surface area contributed by atoms with Gasteiger partial charge in [-0.3, -0.25) is 13.8 Å². The first-order valence-corrected chi connectivity index (χ1v) is 32.9. The molecule has 0 saturated carbocycles. The van der Waals surface area contributed by atoms with Crippen molar-refractivity contribution in [3.8, 4) is 0 Å². The number of aliphatic hydroxyl groups is 1. The molecule has 1 amide bonds. The Labute approximate surface area is 475 Å². The number of rotatable bonds is 56. The molecule has 0 rings (SSSR count). The van der Waals surface area contributed by atoms with E-state index in [0.29, 0.717) is 17.4 Å². The summed E-state index contributed by atoms with van der Waals surface area (Å²) in [6.07, 6.45) is 85.9. The quantitative estimate of drug-likeness (QED) is 0.0243. The van der Waals surface area contributed by atoms with E-state index in [2.05, 4.69) is 129 Å². The zero-order valence-electron chi connectivity index (χ0n) is 50.4. The molecule has 0 heterocycles. The fourth-order valence-electron chi connectivity index (χ4n) is 8.56. The van der Waals surface area contributed by atoms with Gasteiger partial charge in [-0.1, -0.05) is 277 Å². The van der Waals surface area contributed by atoms with Crippen molar-refractivity contribution in [2.45, 2.75) is 264 Å². The summed E-state index contributed by atoms with van der Waals surface area (Å²) < 4.78 is 23.7. The molecular weight excluding hydrogens is 972 g/mol. The maximum atomic E-state index is 13.0. The van der Waals surface area contributed by atoms with E-state index < -0.39 is 20.0 Å². The predicted molar refractivity (Wildman–Crippen MR) is 336 cm³/mol. The number of carbonyl (C=O) groups is 1. The van der Waals surface area contributed by atoms with Crippen molar-refractivity contribution in [1.82, 2.24) is 5.32 Å². The number of phosphoric acid groups is 1. The molecular formula is C68H120N2O6P+. The van der Waals surface area contributed by atoms with Crippen LogP contribution in [0.25, 0.3) is 0 Å². The van der Waals surface area contributed by atoms with Crippen molar-refractivity contribution < 1.29 is 32.9 Å². The van der Waals surface area contributed by atoms with E-state index in [0.717, 1.165) is 103 Å². The fraction of sp³-hybridized carbons (Fsp3) is 0.691. The molecule has 3 atom stereocenters. The lowest BCUT2D eigenvalue weighted by atomic mass is 10.0. The van der Waals surface area contributed by atoms with Gasteiger partial charge in [0, 0.05) is 6.42 Å². The number of likely N-dealkylation sites (N-methyl/N-ethyl adjacent to an activating group) is 1. The topological polar surface area (TPSA) is 105 Å². The molecule has 0 aromatic carbocycles. The molecule has 3 N–H and O–H groups in total. The van der Waals surface area contributed by atoms with Gasteiger partial charge in [0.05, 0.1) is 39.9 Å². The lowest BCUT2D eigenvalue weighted by molar-refractivity contribution is -0.870. The van der Waals surface area contributed by atoms with Gasteiger partial charge in [-0.05, 0) is 89.9 Å². The Bertz CT molecular complexity index is 1670. The Hall–Kier alpha value is -3.10. The number of aliphatic hydroxyl groups excluding tert-OH is 1. The number of allylic oxidation sites excluding steroid dienone is 19. The van der Waals surface area contributed by atoms with E-state index in [9.17, 15) is 19.4 Å². The van der Waals surface area contributed by atoms with Crippen molar-refractivity contribution in [2.75, 3.05) is 40.9 Å². The normalized spacial score (nSPS) is 14.6. The van der Waals surface area contributed by atoms with Gasteiger partial charge < -0.3 is 19.8 Å². The summed E-state index contributed by atoms with van der Waals surface area (Å²) >= 11 is 0. The molecule has 0 aromatic rings. The van der Waals surface area contributed by atoms with Crippen LogP contribution in [0.5, 0.6) is 0 Å². The summed E-state index contributed by atoms with van der Waals surface area (Å²) in [7, 11) is 1.56. The average Bonchev–Trinajstić information content (AvgIpc) is 3.39. The number of hydrogen-bond acceptors (Lipinski definition) is 5. The van der Waals surface area contributed by atoms with Gasteiger partial charge in [0.2, 0.25) is 5.91 Å². The van der Waals surface area contributed by atoms with E-state index >= 15 is 0 Å². The predicted octanol–water partition coefficient (Wildman–Crippen LogP) is 19.7. The third-order valence-corrected chi connectivity index (χ3v) is 14.4. The lowest BCUT2D eigenvalue weighted by Gasteiger charge is -2.25. The summed E-state index contributed by atoms with van der Waals surface area (Å²) in [6.45, 7) is 4.70. The Morgan fingerprint density at radius 2 is 0.779 bits per heavy atom. The second-order valence-corrected chi connectivity index (χ2v) is 23.5. The molecule has 77 heavy (non-hydrogen) atoms. The van der Waals surface area contributed by atoms with E-state index in [1.54, 1.807) is 6.08 Å². The van der Waals surface area contributed by atoms with Crippen LogP contribution in [0, 0.1) is 0 Å². The lowest BCUT2D eigenvalue weighted by Crippen LogP contribution is -2.45. The van der Waals surface area contributed by atoms with Crippen molar-refractivity contribution >= 4 is 13.7 Å². The molecule has 0 aliphatic heterocycles. The van der Waals surface area contributed by atoms with Gasteiger partial charge in [0.1, 0.15) is 13.2 Å². The number of quaternary nitrogens is 1. The number of hydrogen-bond donors (Lipinski definition) is 3. The Kier molecular flexibility index (Phi) is 55.3. The van der Waals surface area contributed by atoms with Crippen LogP contribution in [0.1, 0.15) is 251 Å². The zero-order chi connectivity index (χ0) is 56.3.